The normalized spacial score (nSPS) is 18.6. The van der Waals surface area contributed by atoms with E-state index in [2.05, 4.69) is 146 Å². The molecule has 0 spiro atoms. The number of hydrogen-bond donors (Lipinski definition) is 0. The third kappa shape index (κ3) is 3.47. The zero-order chi connectivity index (χ0) is 29.5. The van der Waals surface area contributed by atoms with E-state index in [9.17, 15) is 0 Å². The summed E-state index contributed by atoms with van der Waals surface area (Å²) in [5.74, 6) is 0. The zero-order valence-electron chi connectivity index (χ0n) is 25.3. The Kier molecular flexibility index (Phi) is 6.01. The van der Waals surface area contributed by atoms with Crippen molar-refractivity contribution in [2.75, 3.05) is 0 Å². The van der Waals surface area contributed by atoms with Gasteiger partial charge in [-0.15, -0.1) is 0 Å². The van der Waals surface area contributed by atoms with Gasteiger partial charge in [-0.2, -0.15) is 0 Å². The fourth-order valence-corrected chi connectivity index (χ4v) is 33.7. The first-order valence-electron chi connectivity index (χ1n) is 14.4. The van der Waals surface area contributed by atoms with Crippen molar-refractivity contribution in [3.63, 3.8) is 0 Å². The molecule has 0 radical (unpaired) electrons. The van der Waals surface area contributed by atoms with Gasteiger partial charge in [0.05, 0.1) is 0 Å². The summed E-state index contributed by atoms with van der Waals surface area (Å²) in [5.41, 5.74) is 6.94. The molecule has 0 saturated carbocycles. The maximum absolute atomic E-state index is 8.92. The second-order valence-electron chi connectivity index (χ2n) is 14.7. The molecule has 0 aliphatic heterocycles. The average molecular weight is 650 g/mol. The van der Waals surface area contributed by atoms with Crippen LogP contribution in [0.5, 0.6) is 0 Å². The van der Waals surface area contributed by atoms with Gasteiger partial charge < -0.3 is 0 Å². The van der Waals surface area contributed by atoms with Crippen LogP contribution in [-0.2, 0) is 23.3 Å². The molecule has 0 bridgehead atoms. The molecule has 2 aliphatic carbocycles. The van der Waals surface area contributed by atoms with E-state index in [1.165, 1.54) is 22.3 Å². The molecular weight excluding hydrogens is 607 g/mol. The van der Waals surface area contributed by atoms with Crippen LogP contribution in [0.15, 0.2) is 100 Å². The van der Waals surface area contributed by atoms with Crippen molar-refractivity contribution in [2.45, 2.75) is 69.8 Å². The monoisotopic (exact) mass is 647 g/mol. The molecule has 0 fully saturated rings. The van der Waals surface area contributed by atoms with Crippen LogP contribution >= 0.6 is 17.0 Å². The van der Waals surface area contributed by atoms with Gasteiger partial charge >= 0.3 is 244 Å². The van der Waals surface area contributed by atoms with Gasteiger partial charge in [-0.3, -0.25) is 0 Å². The summed E-state index contributed by atoms with van der Waals surface area (Å²) in [6, 6.07) is 24.1. The van der Waals surface area contributed by atoms with Gasteiger partial charge in [0.2, 0.25) is 0 Å². The molecule has 5 rings (SSSR count). The fourth-order valence-electron chi connectivity index (χ4n) is 7.45. The van der Waals surface area contributed by atoms with Gasteiger partial charge in [0, 0.05) is 0 Å². The number of hydrogen-bond acceptors (Lipinski definition) is 0. The van der Waals surface area contributed by atoms with Crippen LogP contribution in [0.2, 0.25) is 3.63 Å². The van der Waals surface area contributed by atoms with Crippen molar-refractivity contribution in [1.82, 2.24) is 0 Å². The van der Waals surface area contributed by atoms with Gasteiger partial charge in [0.25, 0.3) is 0 Å². The second kappa shape index (κ2) is 8.13. The Hall–Kier alpha value is -1.92. The topological polar surface area (TPSA) is 0 Å². The van der Waals surface area contributed by atoms with Crippen LogP contribution in [-0.4, -0.2) is 7.42 Å². The van der Waals surface area contributed by atoms with E-state index in [1.807, 2.05) is 6.07 Å². The third-order valence-electron chi connectivity index (χ3n) is 10.4. The van der Waals surface area contributed by atoms with E-state index < -0.39 is 12.5 Å². The molecule has 3 heteroatoms. The predicted octanol–water partition coefficient (Wildman–Crippen LogP) is 10.5. The molecule has 0 heterocycles. The summed E-state index contributed by atoms with van der Waals surface area (Å²) in [4.78, 5) is 0. The molecular formula is C37H43Cl2Zr. The van der Waals surface area contributed by atoms with Crippen LogP contribution < -0.4 is 3.27 Å². The molecule has 0 N–H and O–H groups in total. The Morgan fingerprint density at radius 1 is 0.725 bits per heavy atom. The number of fused-ring (bicyclic) bond motifs is 3. The van der Waals surface area contributed by atoms with Gasteiger partial charge in [0.15, 0.2) is 0 Å². The van der Waals surface area contributed by atoms with Crippen molar-refractivity contribution in [3.05, 3.63) is 123 Å². The molecule has 0 nitrogen and oxygen atoms in total. The quantitative estimate of drug-likeness (QED) is 0.207. The molecule has 0 amide bonds. The molecule has 3 aromatic rings. The van der Waals surface area contributed by atoms with Gasteiger partial charge in [0.1, 0.15) is 0 Å². The summed E-state index contributed by atoms with van der Waals surface area (Å²) in [6.45, 7) is 17.7. The van der Waals surface area contributed by atoms with Crippen LogP contribution in [0.1, 0.15) is 77.6 Å². The molecule has 0 saturated heterocycles. The third-order valence-corrected chi connectivity index (χ3v) is 44.3. The van der Waals surface area contributed by atoms with Crippen LogP contribution in [0.3, 0.4) is 0 Å². The van der Waals surface area contributed by atoms with Crippen LogP contribution in [0.25, 0.3) is 11.1 Å². The Morgan fingerprint density at radius 3 is 1.57 bits per heavy atom. The molecule has 2 aliphatic rings. The summed E-state index contributed by atoms with van der Waals surface area (Å²) >= 11 is -6.89. The van der Waals surface area contributed by atoms with E-state index in [1.54, 1.807) is 0 Å². The van der Waals surface area contributed by atoms with Crippen LogP contribution in [0, 0.1) is 0 Å². The van der Waals surface area contributed by atoms with Crippen molar-refractivity contribution in [1.29, 1.82) is 0 Å². The summed E-state index contributed by atoms with van der Waals surface area (Å²) < 4.78 is 7.92. The molecule has 209 valence electrons. The van der Waals surface area contributed by atoms with Crippen molar-refractivity contribution < 1.29 is 12.5 Å². The Bertz CT molecular complexity index is 1830. The summed E-state index contributed by atoms with van der Waals surface area (Å²) in [6.07, 6.45) is 10.6. The van der Waals surface area contributed by atoms with E-state index in [0.29, 0.717) is 0 Å². The summed E-state index contributed by atoms with van der Waals surface area (Å²) in [5, 5.41) is 0. The number of allylic oxidation sites excluding steroid dienone is 6. The maximum atomic E-state index is 8.92. The van der Waals surface area contributed by atoms with Gasteiger partial charge in [-0.1, -0.05) is 0 Å². The molecule has 40 heavy (non-hydrogen) atoms. The summed E-state index contributed by atoms with van der Waals surface area (Å²) in [7, 11) is 17.8. The molecule has 0 aromatic heterocycles. The van der Waals surface area contributed by atoms with E-state index in [-0.39, 0.29) is 14.5 Å². The van der Waals surface area contributed by atoms with Gasteiger partial charge in [-0.25, -0.2) is 0 Å². The van der Waals surface area contributed by atoms with Crippen molar-refractivity contribution >= 4 is 27.7 Å². The number of rotatable bonds is 3. The van der Waals surface area contributed by atoms with Crippen molar-refractivity contribution in [2.24, 2.45) is 0 Å². The standard InChI is InChI=1S/C21H24.C6H5.C5H5.C4H7.CH2.2ClH.Zr/c1-20(2,3)16-7-9-18-14(12-16)11-15-13-17(21(4,5)6)8-10-19(15)18;1-2-4-6-5-3-1;1-2-4-5-3-1;1-3-4-2;;;;/h7-10,12-13H,1-6H3;1-5H;1-5H;3H,1-2H3;1H2;2*1H;/q;;;;;;;+2/p-2. The van der Waals surface area contributed by atoms with Crippen molar-refractivity contribution in [3.8, 4) is 11.1 Å². The van der Waals surface area contributed by atoms with Gasteiger partial charge in [-0.05, 0) is 0 Å². The number of benzene rings is 3. The molecule has 0 atom stereocenters. The Morgan fingerprint density at radius 2 is 1.18 bits per heavy atom. The number of halogens is 2. The molecule has 3 aromatic carbocycles. The minimum atomic E-state index is -6.89. The molecule has 0 unspecified atom stereocenters. The second-order valence-corrected chi connectivity index (χ2v) is 49.9. The van der Waals surface area contributed by atoms with Crippen LogP contribution in [0.4, 0.5) is 0 Å². The minimum absolute atomic E-state index is 0.0512. The Labute approximate surface area is 242 Å². The van der Waals surface area contributed by atoms with E-state index in [0.717, 1.165) is 20.9 Å². The SMILES string of the molecule is [CH2]=[Zr]([Cl])([Cl])([C](C)=CC)(=[C]1c2cc(C(C)(C)C)ccc2-c2ccc(C(C)(C)C)cc21)([c]1ccccc1)[CH]1C=CC=C1. The average Bonchev–Trinajstić information content (AvgIpc) is 3.56. The Balaban J connectivity index is 2.27. The van der Waals surface area contributed by atoms with E-state index in [4.69, 9.17) is 21.2 Å². The first-order chi connectivity index (χ1) is 18.3. The zero-order valence-corrected chi connectivity index (χ0v) is 29.2. The first-order valence-corrected chi connectivity index (χ1v) is 27.6. The van der Waals surface area contributed by atoms with E-state index >= 15 is 0 Å². The fraction of sp³-hybridized carbons (Fsp3) is 0.297. The first kappa shape index (κ1) is 29.6. The predicted molar refractivity (Wildman–Crippen MR) is 179 cm³/mol.